The van der Waals surface area contributed by atoms with Gasteiger partial charge < -0.3 is 20.1 Å². The van der Waals surface area contributed by atoms with Crippen molar-refractivity contribution < 1.29 is 9.84 Å². The van der Waals surface area contributed by atoms with Crippen LogP contribution >= 0.6 is 15.9 Å². The van der Waals surface area contributed by atoms with E-state index in [2.05, 4.69) is 25.9 Å². The van der Waals surface area contributed by atoms with Crippen molar-refractivity contribution in [2.24, 2.45) is 0 Å². The Kier molecular flexibility index (Phi) is 4.50. The lowest BCUT2D eigenvalue weighted by Crippen LogP contribution is -2.25. The summed E-state index contributed by atoms with van der Waals surface area (Å²) in [6.07, 6.45) is 2.43. The summed E-state index contributed by atoms with van der Waals surface area (Å²) in [6.45, 7) is 3.96. The van der Waals surface area contributed by atoms with Crippen LogP contribution in [0.1, 0.15) is 19.4 Å². The predicted molar refractivity (Wildman–Crippen MR) is 99.2 cm³/mol. The Hall–Kier alpha value is -1.70. The van der Waals surface area contributed by atoms with Crippen LogP contribution in [0.4, 0.5) is 5.82 Å². The summed E-state index contributed by atoms with van der Waals surface area (Å²) in [7, 11) is 1.66. The third-order valence-electron chi connectivity index (χ3n) is 3.85. The molecule has 0 fully saturated rings. The Balaban J connectivity index is 2.16. The SMILES string of the molecule is COC(Br)Cc1ccc2c(c1)nc(N)c1ncn(CC(C)(C)O)c12. The number of nitrogens with zero attached hydrogens (tertiary/aromatic N) is 3. The van der Waals surface area contributed by atoms with Gasteiger partial charge in [0.25, 0.3) is 0 Å². The quantitative estimate of drug-likeness (QED) is 0.651. The number of aromatic nitrogens is 3. The van der Waals surface area contributed by atoms with Crippen molar-refractivity contribution in [3.63, 3.8) is 0 Å². The molecule has 0 aliphatic carbocycles. The highest BCUT2D eigenvalue weighted by Gasteiger charge is 2.18. The highest BCUT2D eigenvalue weighted by atomic mass is 79.9. The normalized spacial score (nSPS) is 13.7. The zero-order valence-corrected chi connectivity index (χ0v) is 15.5. The van der Waals surface area contributed by atoms with E-state index in [4.69, 9.17) is 10.5 Å². The first-order chi connectivity index (χ1) is 11.3. The Bertz CT molecular complexity index is 886. The number of nitrogen functional groups attached to an aromatic ring is 1. The van der Waals surface area contributed by atoms with Crippen molar-refractivity contribution in [3.8, 4) is 0 Å². The number of nitrogens with two attached hydrogens (primary N) is 1. The number of ether oxygens (including phenoxy) is 1. The molecule has 0 bridgehead atoms. The van der Waals surface area contributed by atoms with Crippen molar-refractivity contribution >= 4 is 43.7 Å². The van der Waals surface area contributed by atoms with E-state index in [9.17, 15) is 5.11 Å². The minimum Gasteiger partial charge on any atom is -0.389 e. The van der Waals surface area contributed by atoms with Gasteiger partial charge in [0, 0.05) is 18.9 Å². The fourth-order valence-electron chi connectivity index (χ4n) is 2.84. The second-order valence-electron chi connectivity index (χ2n) is 6.58. The van der Waals surface area contributed by atoms with Gasteiger partial charge in [-0.1, -0.05) is 28.1 Å². The monoisotopic (exact) mass is 392 g/mol. The Morgan fingerprint density at radius 3 is 2.83 bits per heavy atom. The fraction of sp³-hybridized carbons (Fsp3) is 0.412. The van der Waals surface area contributed by atoms with Crippen LogP contribution in [-0.4, -0.2) is 37.4 Å². The zero-order chi connectivity index (χ0) is 17.5. The van der Waals surface area contributed by atoms with E-state index in [0.717, 1.165) is 28.4 Å². The average molecular weight is 393 g/mol. The minimum absolute atomic E-state index is 0.0447. The van der Waals surface area contributed by atoms with Crippen LogP contribution < -0.4 is 5.73 Å². The highest BCUT2D eigenvalue weighted by molar-refractivity contribution is 9.09. The first-order valence-corrected chi connectivity index (χ1v) is 8.62. The number of hydrogen-bond donors (Lipinski definition) is 2. The number of halogens is 1. The number of rotatable bonds is 5. The molecule has 1 atom stereocenters. The predicted octanol–water partition coefficient (Wildman–Crippen LogP) is 2.85. The van der Waals surface area contributed by atoms with Crippen LogP contribution in [-0.2, 0) is 17.7 Å². The molecule has 3 rings (SSSR count). The maximum Gasteiger partial charge on any atom is 0.152 e. The van der Waals surface area contributed by atoms with Crippen LogP contribution in [0.15, 0.2) is 24.5 Å². The van der Waals surface area contributed by atoms with Gasteiger partial charge in [0.15, 0.2) is 5.82 Å². The number of fused-ring (bicyclic) bond motifs is 3. The van der Waals surface area contributed by atoms with E-state index < -0.39 is 5.60 Å². The molecule has 0 aliphatic heterocycles. The molecule has 0 amide bonds. The first-order valence-electron chi connectivity index (χ1n) is 7.70. The maximum atomic E-state index is 10.1. The molecule has 3 aromatic rings. The second kappa shape index (κ2) is 6.31. The van der Waals surface area contributed by atoms with Crippen LogP contribution in [0.5, 0.6) is 0 Å². The molecule has 1 aromatic carbocycles. The lowest BCUT2D eigenvalue weighted by atomic mass is 10.1. The molecule has 2 aromatic heterocycles. The van der Waals surface area contributed by atoms with E-state index in [1.54, 1.807) is 27.3 Å². The molecule has 0 aliphatic rings. The number of imidazole rings is 1. The van der Waals surface area contributed by atoms with E-state index >= 15 is 0 Å². The molecular weight excluding hydrogens is 372 g/mol. The van der Waals surface area contributed by atoms with Crippen LogP contribution in [0.3, 0.4) is 0 Å². The summed E-state index contributed by atoms with van der Waals surface area (Å²) in [4.78, 5) is 8.86. The van der Waals surface area contributed by atoms with Gasteiger partial charge in [-0.15, -0.1) is 0 Å². The Labute approximate surface area is 148 Å². The Morgan fingerprint density at radius 2 is 2.17 bits per heavy atom. The smallest absolute Gasteiger partial charge is 0.152 e. The number of anilines is 1. The molecule has 128 valence electrons. The van der Waals surface area contributed by atoms with Gasteiger partial charge in [0.2, 0.25) is 0 Å². The van der Waals surface area contributed by atoms with Gasteiger partial charge in [0.05, 0.1) is 29.5 Å². The van der Waals surface area contributed by atoms with Gasteiger partial charge in [-0.25, -0.2) is 9.97 Å². The average Bonchev–Trinajstić information content (AvgIpc) is 2.89. The number of methoxy groups -OCH3 is 1. The van der Waals surface area contributed by atoms with Crippen molar-refractivity contribution in [2.75, 3.05) is 12.8 Å². The zero-order valence-electron chi connectivity index (χ0n) is 14.0. The lowest BCUT2D eigenvalue weighted by Gasteiger charge is -2.18. The van der Waals surface area contributed by atoms with Gasteiger partial charge in [-0.2, -0.15) is 0 Å². The van der Waals surface area contributed by atoms with Gasteiger partial charge in [-0.05, 0) is 25.5 Å². The van der Waals surface area contributed by atoms with Crippen molar-refractivity contribution in [1.29, 1.82) is 0 Å². The molecule has 2 heterocycles. The molecular formula is C17H21BrN4O2. The molecule has 0 saturated carbocycles. The summed E-state index contributed by atoms with van der Waals surface area (Å²) < 4.78 is 7.18. The number of aliphatic hydroxyl groups is 1. The van der Waals surface area contributed by atoms with Crippen LogP contribution in [0.2, 0.25) is 0 Å². The molecule has 0 saturated heterocycles. The molecule has 3 N–H and O–H groups in total. The summed E-state index contributed by atoms with van der Waals surface area (Å²) in [5, 5.41) is 11.1. The molecule has 7 heteroatoms. The molecule has 1 unspecified atom stereocenters. The molecule has 24 heavy (non-hydrogen) atoms. The van der Waals surface area contributed by atoms with Crippen molar-refractivity contribution in [1.82, 2.24) is 14.5 Å². The maximum absolute atomic E-state index is 10.1. The topological polar surface area (TPSA) is 86.2 Å². The second-order valence-corrected chi connectivity index (χ2v) is 7.60. The first kappa shape index (κ1) is 17.1. The van der Waals surface area contributed by atoms with Gasteiger partial charge in [0.1, 0.15) is 10.5 Å². The van der Waals surface area contributed by atoms with Gasteiger partial charge >= 0.3 is 0 Å². The third-order valence-corrected chi connectivity index (χ3v) is 4.55. The molecule has 0 spiro atoms. The van der Waals surface area contributed by atoms with E-state index in [1.165, 1.54) is 0 Å². The summed E-state index contributed by atoms with van der Waals surface area (Å²) in [5.74, 6) is 0.395. The van der Waals surface area contributed by atoms with E-state index in [-0.39, 0.29) is 5.01 Å². The highest BCUT2D eigenvalue weighted by Crippen LogP contribution is 2.29. The molecule has 0 radical (unpaired) electrons. The van der Waals surface area contributed by atoms with Gasteiger partial charge in [-0.3, -0.25) is 0 Å². The lowest BCUT2D eigenvalue weighted by molar-refractivity contribution is 0.0627. The summed E-state index contributed by atoms with van der Waals surface area (Å²) in [6, 6.07) is 6.09. The van der Waals surface area contributed by atoms with Crippen molar-refractivity contribution in [3.05, 3.63) is 30.1 Å². The largest absolute Gasteiger partial charge is 0.389 e. The van der Waals surface area contributed by atoms with E-state index in [0.29, 0.717) is 17.9 Å². The number of alkyl halides is 1. The summed E-state index contributed by atoms with van der Waals surface area (Å²) in [5.41, 5.74) is 8.72. The summed E-state index contributed by atoms with van der Waals surface area (Å²) >= 11 is 3.46. The van der Waals surface area contributed by atoms with E-state index in [1.807, 2.05) is 22.8 Å². The number of benzene rings is 1. The standard InChI is InChI=1S/C17H21BrN4O2/c1-17(2,23)8-22-9-20-14-15(22)11-5-4-10(7-13(18)24-3)6-12(11)21-16(14)19/h4-6,9,13,23H,7-8H2,1-3H3,(H2,19,21). The van der Waals surface area contributed by atoms with Crippen LogP contribution in [0.25, 0.3) is 21.9 Å². The fourth-order valence-corrected chi connectivity index (χ4v) is 3.21. The van der Waals surface area contributed by atoms with Crippen molar-refractivity contribution in [2.45, 2.75) is 37.4 Å². The number of hydrogen-bond acceptors (Lipinski definition) is 5. The molecule has 6 nitrogen and oxygen atoms in total. The Morgan fingerprint density at radius 1 is 1.42 bits per heavy atom. The minimum atomic E-state index is -0.848. The third kappa shape index (κ3) is 3.38. The van der Waals surface area contributed by atoms with Crippen LogP contribution in [0, 0.1) is 0 Å². The number of pyridine rings is 1.